The topological polar surface area (TPSA) is 69.7 Å². The molecular formula is C30H23Br2N3O3. The fourth-order valence-electron chi connectivity index (χ4n) is 6.06. The van der Waals surface area contributed by atoms with Gasteiger partial charge in [0, 0.05) is 40.0 Å². The number of nitrogens with zero attached hydrogens (tertiary/aromatic N) is 2. The van der Waals surface area contributed by atoms with E-state index < -0.39 is 35.2 Å². The summed E-state index contributed by atoms with van der Waals surface area (Å²) in [6.07, 6.45) is 0. The minimum absolute atomic E-state index is 0.535. The van der Waals surface area contributed by atoms with Gasteiger partial charge in [0.25, 0.3) is 0 Å². The number of amides is 4. The van der Waals surface area contributed by atoms with E-state index in [4.69, 9.17) is 0 Å². The lowest BCUT2D eigenvalue weighted by Gasteiger charge is -2.53. The Morgan fingerprint density at radius 1 is 0.737 bits per heavy atom. The highest BCUT2D eigenvalue weighted by Gasteiger charge is 2.66. The van der Waals surface area contributed by atoms with Crippen LogP contribution in [0.25, 0.3) is 10.8 Å². The first-order chi connectivity index (χ1) is 18.2. The molecule has 0 aliphatic carbocycles. The molecule has 2 unspecified atom stereocenters. The number of fused-ring (bicyclic) bond motifs is 3. The summed E-state index contributed by atoms with van der Waals surface area (Å²) in [5.41, 5.74) is 1.58. The largest absolute Gasteiger partial charge is 0.376 e. The van der Waals surface area contributed by atoms with Gasteiger partial charge in [-0.1, -0.05) is 92.5 Å². The number of nitrogens with one attached hydrogen (secondary N) is 1. The van der Waals surface area contributed by atoms with Crippen molar-refractivity contribution in [1.82, 2.24) is 9.80 Å². The Morgan fingerprint density at radius 2 is 1.34 bits per heavy atom. The molecular weight excluding hydrogens is 610 g/mol. The van der Waals surface area contributed by atoms with Crippen molar-refractivity contribution >= 4 is 66.2 Å². The monoisotopic (exact) mass is 631 g/mol. The quantitative estimate of drug-likeness (QED) is 0.250. The van der Waals surface area contributed by atoms with E-state index in [1.54, 1.807) is 0 Å². The summed E-state index contributed by atoms with van der Waals surface area (Å²) >= 11 is 7.15. The van der Waals surface area contributed by atoms with Crippen LogP contribution in [0.4, 0.5) is 10.5 Å². The van der Waals surface area contributed by atoms with Crippen LogP contribution in [0.2, 0.25) is 0 Å². The molecule has 0 radical (unpaired) electrons. The van der Waals surface area contributed by atoms with Gasteiger partial charge in [-0.25, -0.2) is 4.79 Å². The molecule has 4 amide bonds. The predicted molar refractivity (Wildman–Crippen MR) is 154 cm³/mol. The van der Waals surface area contributed by atoms with E-state index in [-0.39, 0.29) is 0 Å². The molecule has 6 nitrogen and oxygen atoms in total. The Hall–Kier alpha value is -3.49. The van der Waals surface area contributed by atoms with Crippen molar-refractivity contribution < 1.29 is 14.4 Å². The van der Waals surface area contributed by atoms with Gasteiger partial charge in [-0.3, -0.25) is 19.4 Å². The molecule has 2 heterocycles. The third kappa shape index (κ3) is 3.47. The first-order valence-corrected chi connectivity index (χ1v) is 13.7. The molecule has 2 aliphatic heterocycles. The predicted octanol–water partition coefficient (Wildman–Crippen LogP) is 6.70. The fourth-order valence-corrected chi connectivity index (χ4v) is 6.89. The van der Waals surface area contributed by atoms with E-state index in [1.165, 1.54) is 14.1 Å². The minimum atomic E-state index is -1.67. The summed E-state index contributed by atoms with van der Waals surface area (Å²) in [4.78, 5) is 44.1. The molecule has 4 aromatic carbocycles. The van der Waals surface area contributed by atoms with E-state index in [2.05, 4.69) is 37.2 Å². The SMILES string of the molecule is CN1C(=O)N(C)C(=O)C2(C1=O)C(c1cccc(Br)c1)Nc1c(ccc3ccccc13)C2c1cccc(Br)c1. The number of hydrogen-bond donors (Lipinski definition) is 1. The van der Waals surface area contributed by atoms with Crippen molar-refractivity contribution in [1.29, 1.82) is 0 Å². The third-order valence-corrected chi connectivity index (χ3v) is 8.71. The molecule has 1 fully saturated rings. The lowest BCUT2D eigenvalue weighted by molar-refractivity contribution is -0.160. The second-order valence-electron chi connectivity index (χ2n) is 9.75. The molecule has 1 saturated heterocycles. The van der Waals surface area contributed by atoms with Crippen LogP contribution in [0.3, 0.4) is 0 Å². The number of benzene rings is 4. The standard InChI is InChI=1S/C30H23Br2N3O3/c1-34-27(36)30(28(37)35(2)29(34)38)24(18-8-5-10-20(31)15-18)23-14-13-17-7-3-4-12-22(17)25(23)33-26(30)19-9-6-11-21(32)16-19/h3-16,24,26,33H,1-2H3. The van der Waals surface area contributed by atoms with Gasteiger partial charge < -0.3 is 5.32 Å². The van der Waals surface area contributed by atoms with Gasteiger partial charge in [0.1, 0.15) is 0 Å². The lowest BCUT2D eigenvalue weighted by Crippen LogP contribution is -2.68. The van der Waals surface area contributed by atoms with Crippen molar-refractivity contribution in [2.45, 2.75) is 12.0 Å². The van der Waals surface area contributed by atoms with Crippen LogP contribution in [0.1, 0.15) is 28.7 Å². The Balaban J connectivity index is 1.77. The van der Waals surface area contributed by atoms with Gasteiger partial charge >= 0.3 is 6.03 Å². The number of halogens is 2. The summed E-state index contributed by atoms with van der Waals surface area (Å²) in [6, 6.07) is 26.0. The van der Waals surface area contributed by atoms with Crippen molar-refractivity contribution in [2.75, 3.05) is 19.4 Å². The number of carbonyl (C=O) groups is 3. The summed E-state index contributed by atoms with van der Waals surface area (Å²) in [6.45, 7) is 0. The maximum Gasteiger partial charge on any atom is 0.332 e. The zero-order chi connectivity index (χ0) is 26.8. The van der Waals surface area contributed by atoms with Crippen molar-refractivity contribution in [3.63, 3.8) is 0 Å². The second-order valence-corrected chi connectivity index (χ2v) is 11.6. The molecule has 0 saturated carbocycles. The zero-order valence-corrected chi connectivity index (χ0v) is 23.8. The van der Waals surface area contributed by atoms with E-state index >= 15 is 0 Å². The van der Waals surface area contributed by atoms with E-state index in [0.717, 1.165) is 51.9 Å². The molecule has 0 aromatic heterocycles. The fraction of sp³-hybridized carbons (Fsp3) is 0.167. The Labute approximate surface area is 236 Å². The molecule has 0 bridgehead atoms. The van der Waals surface area contributed by atoms with Gasteiger partial charge in [0.15, 0.2) is 5.41 Å². The number of imide groups is 2. The lowest BCUT2D eigenvalue weighted by atomic mass is 9.58. The number of anilines is 1. The maximum absolute atomic E-state index is 14.5. The number of urea groups is 1. The van der Waals surface area contributed by atoms with Gasteiger partial charge in [-0.15, -0.1) is 0 Å². The molecule has 1 N–H and O–H groups in total. The molecule has 2 atom stereocenters. The molecule has 8 heteroatoms. The maximum atomic E-state index is 14.5. The second kappa shape index (κ2) is 9.06. The van der Waals surface area contributed by atoms with Crippen molar-refractivity contribution in [3.8, 4) is 0 Å². The number of rotatable bonds is 2. The Bertz CT molecular complexity index is 1630. The van der Waals surface area contributed by atoms with Crippen LogP contribution in [0.5, 0.6) is 0 Å². The van der Waals surface area contributed by atoms with Crippen LogP contribution in [0.15, 0.2) is 93.9 Å². The first-order valence-electron chi connectivity index (χ1n) is 12.1. The molecule has 2 aliphatic rings. The first kappa shape index (κ1) is 24.8. The van der Waals surface area contributed by atoms with Crippen molar-refractivity contribution in [3.05, 3.63) is 111 Å². The normalized spacial score (nSPS) is 20.6. The van der Waals surface area contributed by atoms with Crippen LogP contribution in [-0.4, -0.2) is 41.7 Å². The molecule has 6 rings (SSSR count). The number of barbiturate groups is 1. The summed E-state index contributed by atoms with van der Waals surface area (Å²) in [7, 11) is 2.89. The van der Waals surface area contributed by atoms with Gasteiger partial charge in [-0.2, -0.15) is 0 Å². The van der Waals surface area contributed by atoms with Crippen LogP contribution in [0, 0.1) is 5.41 Å². The third-order valence-electron chi connectivity index (χ3n) is 7.73. The molecule has 190 valence electrons. The summed E-state index contributed by atoms with van der Waals surface area (Å²) < 4.78 is 1.65. The highest BCUT2D eigenvalue weighted by atomic mass is 79.9. The highest BCUT2D eigenvalue weighted by Crippen LogP contribution is 2.59. The van der Waals surface area contributed by atoms with Crippen LogP contribution in [-0.2, 0) is 9.59 Å². The average molecular weight is 633 g/mol. The summed E-state index contributed by atoms with van der Waals surface area (Å²) in [5, 5.41) is 5.67. The van der Waals surface area contributed by atoms with Crippen molar-refractivity contribution in [2.24, 2.45) is 5.41 Å². The van der Waals surface area contributed by atoms with Gasteiger partial charge in [0.05, 0.1) is 6.04 Å². The zero-order valence-electron chi connectivity index (χ0n) is 20.6. The minimum Gasteiger partial charge on any atom is -0.376 e. The Morgan fingerprint density at radius 3 is 2.00 bits per heavy atom. The smallest absolute Gasteiger partial charge is 0.332 e. The molecule has 4 aromatic rings. The average Bonchev–Trinajstić information content (AvgIpc) is 2.93. The van der Waals surface area contributed by atoms with E-state index in [0.29, 0.717) is 0 Å². The van der Waals surface area contributed by atoms with Gasteiger partial charge in [-0.05, 0) is 46.3 Å². The molecule has 38 heavy (non-hydrogen) atoms. The van der Waals surface area contributed by atoms with Crippen LogP contribution < -0.4 is 5.32 Å². The highest BCUT2D eigenvalue weighted by molar-refractivity contribution is 9.10. The van der Waals surface area contributed by atoms with E-state index in [9.17, 15) is 14.4 Å². The number of carbonyl (C=O) groups excluding carboxylic acids is 3. The van der Waals surface area contributed by atoms with E-state index in [1.807, 2.05) is 84.9 Å². The molecule has 1 spiro atoms. The summed E-state index contributed by atoms with van der Waals surface area (Å²) in [5.74, 6) is -1.75. The number of hydrogen-bond acceptors (Lipinski definition) is 4. The Kier molecular flexibility index (Phi) is 5.92. The van der Waals surface area contributed by atoms with Gasteiger partial charge in [0.2, 0.25) is 11.8 Å². The van der Waals surface area contributed by atoms with Crippen LogP contribution >= 0.6 is 31.9 Å².